The summed E-state index contributed by atoms with van der Waals surface area (Å²) >= 11 is 0. The molecular weight excluding hydrogens is 280 g/mol. The zero-order chi connectivity index (χ0) is 15.4. The fourth-order valence-electron chi connectivity index (χ4n) is 2.19. The third kappa shape index (κ3) is 3.03. The van der Waals surface area contributed by atoms with E-state index in [0.717, 1.165) is 0 Å². The minimum atomic E-state index is -1.19. The molecule has 0 radical (unpaired) electrons. The molecule has 1 aliphatic rings. The van der Waals surface area contributed by atoms with E-state index in [-0.39, 0.29) is 6.42 Å². The lowest BCUT2D eigenvalue weighted by atomic mass is 9.99. The van der Waals surface area contributed by atoms with Crippen LogP contribution in [-0.2, 0) is 15.9 Å². The van der Waals surface area contributed by atoms with Gasteiger partial charge in [0.25, 0.3) is 0 Å². The van der Waals surface area contributed by atoms with Crippen molar-refractivity contribution in [3.05, 3.63) is 17.2 Å². The molecule has 0 amide bonds. The van der Waals surface area contributed by atoms with Crippen LogP contribution in [-0.4, -0.2) is 51.9 Å². The van der Waals surface area contributed by atoms with Gasteiger partial charge in [-0.3, -0.25) is 0 Å². The normalized spacial score (nSPS) is 17.0. The predicted octanol–water partition coefficient (Wildman–Crippen LogP) is 0.760. The number of benzene rings is 1. The van der Waals surface area contributed by atoms with Crippen molar-refractivity contribution in [2.75, 3.05) is 34.5 Å². The maximum atomic E-state index is 11.9. The Morgan fingerprint density at radius 3 is 2.57 bits per heavy atom. The van der Waals surface area contributed by atoms with Crippen molar-refractivity contribution < 1.29 is 33.6 Å². The number of aliphatic hydroxyl groups is 1. The van der Waals surface area contributed by atoms with Crippen molar-refractivity contribution in [2.24, 2.45) is 0 Å². The Morgan fingerprint density at radius 1 is 1.24 bits per heavy atom. The average molecular weight is 298 g/mol. The maximum Gasteiger partial charge on any atom is 0.341 e. The Balaban J connectivity index is 2.47. The van der Waals surface area contributed by atoms with Crippen molar-refractivity contribution in [1.82, 2.24) is 0 Å². The largest absolute Gasteiger partial charge is 0.492 e. The first-order valence-corrected chi connectivity index (χ1v) is 6.41. The summed E-state index contributed by atoms with van der Waals surface area (Å²) in [4.78, 5) is 11.9. The molecular formula is C14H18O7. The van der Waals surface area contributed by atoms with E-state index in [2.05, 4.69) is 0 Å². The average Bonchev–Trinajstić information content (AvgIpc) is 2.46. The SMILES string of the molecule is COCCOc1cc2c(c(OC)c1OC)CC(O)OC2=O. The number of carbonyl (C=O) groups is 1. The van der Waals surface area contributed by atoms with Crippen LogP contribution in [0.2, 0.25) is 0 Å². The van der Waals surface area contributed by atoms with Gasteiger partial charge in [0, 0.05) is 19.1 Å². The number of hydrogen-bond acceptors (Lipinski definition) is 7. The Kier molecular flexibility index (Phi) is 4.87. The van der Waals surface area contributed by atoms with E-state index >= 15 is 0 Å². The van der Waals surface area contributed by atoms with Crippen molar-refractivity contribution in [1.29, 1.82) is 0 Å². The number of fused-ring (bicyclic) bond motifs is 1. The monoisotopic (exact) mass is 298 g/mol. The standard InChI is InChI=1S/C14H18O7/c1-17-4-5-20-10-6-9-8(7-11(15)21-14(9)16)12(18-2)13(10)19-3/h6,11,15H,4-5,7H2,1-3H3. The molecule has 21 heavy (non-hydrogen) atoms. The summed E-state index contributed by atoms with van der Waals surface area (Å²) in [5.74, 6) is 0.465. The number of cyclic esters (lactones) is 1. The minimum Gasteiger partial charge on any atom is -0.492 e. The van der Waals surface area contributed by atoms with Crippen LogP contribution in [0, 0.1) is 0 Å². The molecule has 0 fully saturated rings. The van der Waals surface area contributed by atoms with Crippen molar-refractivity contribution in [2.45, 2.75) is 12.7 Å². The first kappa shape index (κ1) is 15.4. The van der Waals surface area contributed by atoms with Gasteiger partial charge in [-0.05, 0) is 6.07 Å². The Labute approximate surface area is 122 Å². The number of ether oxygens (including phenoxy) is 5. The van der Waals surface area contributed by atoms with E-state index in [4.69, 9.17) is 23.7 Å². The molecule has 0 bridgehead atoms. The van der Waals surface area contributed by atoms with E-state index < -0.39 is 12.3 Å². The summed E-state index contributed by atoms with van der Waals surface area (Å²) in [6, 6.07) is 1.53. The van der Waals surface area contributed by atoms with Crippen molar-refractivity contribution in [3.63, 3.8) is 0 Å². The summed E-state index contributed by atoms with van der Waals surface area (Å²) < 4.78 is 25.9. The Bertz CT molecular complexity index is 527. The van der Waals surface area contributed by atoms with Crippen LogP contribution < -0.4 is 14.2 Å². The smallest absolute Gasteiger partial charge is 0.341 e. The summed E-state index contributed by atoms with van der Waals surface area (Å²) in [5.41, 5.74) is 0.836. The van der Waals surface area contributed by atoms with Crippen LogP contribution in [0.5, 0.6) is 17.2 Å². The van der Waals surface area contributed by atoms with E-state index in [9.17, 15) is 9.90 Å². The van der Waals surface area contributed by atoms with Crippen LogP contribution in [0.3, 0.4) is 0 Å². The van der Waals surface area contributed by atoms with Crippen molar-refractivity contribution >= 4 is 5.97 Å². The third-order valence-corrected chi connectivity index (χ3v) is 3.10. The summed E-state index contributed by atoms with van der Waals surface area (Å²) in [5, 5.41) is 9.57. The first-order chi connectivity index (χ1) is 10.1. The van der Waals surface area contributed by atoms with Gasteiger partial charge in [0.05, 0.1) is 26.4 Å². The van der Waals surface area contributed by atoms with E-state index in [1.54, 1.807) is 7.11 Å². The molecule has 2 rings (SSSR count). The lowest BCUT2D eigenvalue weighted by Gasteiger charge is -2.25. The zero-order valence-electron chi connectivity index (χ0n) is 12.2. The van der Waals surface area contributed by atoms with Gasteiger partial charge in [0.2, 0.25) is 12.0 Å². The van der Waals surface area contributed by atoms with Gasteiger partial charge in [-0.15, -0.1) is 0 Å². The van der Waals surface area contributed by atoms with E-state index in [0.29, 0.717) is 41.6 Å². The number of hydrogen-bond donors (Lipinski definition) is 1. The lowest BCUT2D eigenvalue weighted by Crippen LogP contribution is -2.28. The fourth-order valence-corrected chi connectivity index (χ4v) is 2.19. The lowest BCUT2D eigenvalue weighted by molar-refractivity contribution is -0.0691. The van der Waals surface area contributed by atoms with Gasteiger partial charge in [-0.2, -0.15) is 0 Å². The minimum absolute atomic E-state index is 0.138. The van der Waals surface area contributed by atoms with Gasteiger partial charge >= 0.3 is 5.97 Å². The topological polar surface area (TPSA) is 83.5 Å². The number of methoxy groups -OCH3 is 3. The molecule has 1 aromatic carbocycles. The number of esters is 1. The molecule has 1 N–H and O–H groups in total. The zero-order valence-corrected chi connectivity index (χ0v) is 12.2. The summed E-state index contributed by atoms with van der Waals surface area (Å²) in [6.07, 6.45) is -1.05. The second kappa shape index (κ2) is 6.64. The third-order valence-electron chi connectivity index (χ3n) is 3.10. The molecule has 1 atom stereocenters. The molecule has 0 saturated heterocycles. The molecule has 7 heteroatoms. The van der Waals surface area contributed by atoms with E-state index in [1.807, 2.05) is 0 Å². The molecule has 1 unspecified atom stereocenters. The molecule has 0 saturated carbocycles. The second-order valence-corrected chi connectivity index (χ2v) is 4.37. The molecule has 116 valence electrons. The maximum absolute atomic E-state index is 11.9. The van der Waals surface area contributed by atoms with Crippen LogP contribution in [0.25, 0.3) is 0 Å². The van der Waals surface area contributed by atoms with Crippen LogP contribution in [0.15, 0.2) is 6.07 Å². The Hall–Kier alpha value is -1.99. The van der Waals surface area contributed by atoms with Crippen LogP contribution in [0.4, 0.5) is 0 Å². The highest BCUT2D eigenvalue weighted by atomic mass is 16.6. The van der Waals surface area contributed by atoms with Crippen LogP contribution in [0.1, 0.15) is 15.9 Å². The highest BCUT2D eigenvalue weighted by Gasteiger charge is 2.31. The number of rotatable bonds is 6. The quantitative estimate of drug-likeness (QED) is 0.613. The number of aliphatic hydroxyl groups excluding tert-OH is 1. The molecule has 0 aromatic heterocycles. The molecule has 0 spiro atoms. The summed E-state index contributed by atoms with van der Waals surface area (Å²) in [7, 11) is 4.50. The van der Waals surface area contributed by atoms with Gasteiger partial charge in [0.15, 0.2) is 11.5 Å². The van der Waals surface area contributed by atoms with E-state index in [1.165, 1.54) is 20.3 Å². The molecule has 1 aliphatic heterocycles. The number of carbonyl (C=O) groups excluding carboxylic acids is 1. The second-order valence-electron chi connectivity index (χ2n) is 4.37. The molecule has 0 aliphatic carbocycles. The highest BCUT2D eigenvalue weighted by molar-refractivity contribution is 5.94. The predicted molar refractivity (Wildman–Crippen MR) is 72.0 cm³/mol. The van der Waals surface area contributed by atoms with Gasteiger partial charge in [-0.25, -0.2) is 4.79 Å². The summed E-state index contributed by atoms with van der Waals surface area (Å²) in [6.45, 7) is 0.693. The van der Waals surface area contributed by atoms with Gasteiger partial charge < -0.3 is 28.8 Å². The fraction of sp³-hybridized carbons (Fsp3) is 0.500. The first-order valence-electron chi connectivity index (χ1n) is 6.41. The molecule has 7 nitrogen and oxygen atoms in total. The van der Waals surface area contributed by atoms with Gasteiger partial charge in [-0.1, -0.05) is 0 Å². The Morgan fingerprint density at radius 2 is 1.95 bits per heavy atom. The van der Waals surface area contributed by atoms with Crippen LogP contribution >= 0.6 is 0 Å². The van der Waals surface area contributed by atoms with Crippen molar-refractivity contribution in [3.8, 4) is 17.2 Å². The molecule has 1 heterocycles. The van der Waals surface area contributed by atoms with Gasteiger partial charge in [0.1, 0.15) is 6.61 Å². The highest BCUT2D eigenvalue weighted by Crippen LogP contribution is 2.44. The molecule has 1 aromatic rings.